The molecule has 0 bridgehead atoms. The van der Waals surface area contributed by atoms with E-state index >= 15 is 0 Å². The summed E-state index contributed by atoms with van der Waals surface area (Å²) in [7, 11) is 2.03. The van der Waals surface area contributed by atoms with Gasteiger partial charge in [-0.2, -0.15) is 0 Å². The molecule has 2 aromatic rings. The van der Waals surface area contributed by atoms with E-state index in [1.807, 2.05) is 19.4 Å². The van der Waals surface area contributed by atoms with Gasteiger partial charge in [0, 0.05) is 31.5 Å². The van der Waals surface area contributed by atoms with Crippen molar-refractivity contribution in [2.45, 2.75) is 32.9 Å². The Labute approximate surface area is 125 Å². The van der Waals surface area contributed by atoms with Crippen molar-refractivity contribution in [2.24, 2.45) is 13.0 Å². The third kappa shape index (κ3) is 2.76. The van der Waals surface area contributed by atoms with Gasteiger partial charge in [0.25, 0.3) is 0 Å². The summed E-state index contributed by atoms with van der Waals surface area (Å²) in [5.41, 5.74) is 2.33. The molecule has 0 aliphatic carbocycles. The molecule has 0 saturated carbocycles. The second-order valence-corrected chi connectivity index (χ2v) is 5.84. The number of fused-ring (bicyclic) bond motifs is 1. The zero-order valence-corrected chi connectivity index (χ0v) is 12.8. The third-order valence-corrected chi connectivity index (χ3v) is 3.97. The van der Waals surface area contributed by atoms with Gasteiger partial charge < -0.3 is 15.2 Å². The number of hydrogen-bond acceptors (Lipinski definition) is 5. The Kier molecular flexibility index (Phi) is 3.88. The van der Waals surface area contributed by atoms with E-state index in [1.54, 1.807) is 6.33 Å². The highest BCUT2D eigenvalue weighted by Crippen LogP contribution is 2.27. The standard InChI is InChI=1S/C15H22N6/c1-10(2)13(15-17-6-7-21(15)3)20-14-11-4-5-16-8-12(11)18-9-19-14/h6-7,9-10,13,16H,4-5,8H2,1-3H3,(H,18,19,20)/t13-/m1/s1. The topological polar surface area (TPSA) is 67.7 Å². The lowest BCUT2D eigenvalue weighted by Gasteiger charge is -2.25. The monoisotopic (exact) mass is 286 g/mol. The summed E-state index contributed by atoms with van der Waals surface area (Å²) in [6, 6.07) is 0.138. The molecule has 3 heterocycles. The maximum atomic E-state index is 4.49. The molecule has 1 atom stereocenters. The van der Waals surface area contributed by atoms with E-state index in [4.69, 9.17) is 0 Å². The summed E-state index contributed by atoms with van der Waals surface area (Å²) in [6.45, 7) is 6.19. The third-order valence-electron chi connectivity index (χ3n) is 3.97. The Bertz CT molecular complexity index is 618. The van der Waals surface area contributed by atoms with Gasteiger partial charge >= 0.3 is 0 Å². The highest BCUT2D eigenvalue weighted by Gasteiger charge is 2.23. The average molecular weight is 286 g/mol. The Morgan fingerprint density at radius 2 is 2.14 bits per heavy atom. The normalized spacial score (nSPS) is 15.8. The van der Waals surface area contributed by atoms with Crippen molar-refractivity contribution in [3.05, 3.63) is 35.8 Å². The molecular formula is C15H22N6. The van der Waals surface area contributed by atoms with Gasteiger partial charge in [-0.1, -0.05) is 13.8 Å². The van der Waals surface area contributed by atoms with Crippen molar-refractivity contribution in [3.8, 4) is 0 Å². The number of nitrogens with one attached hydrogen (secondary N) is 2. The van der Waals surface area contributed by atoms with Crippen LogP contribution in [0.4, 0.5) is 5.82 Å². The summed E-state index contributed by atoms with van der Waals surface area (Å²) in [4.78, 5) is 13.3. The molecule has 1 aliphatic heterocycles. The fourth-order valence-corrected chi connectivity index (χ4v) is 2.76. The Hall–Kier alpha value is -1.95. The van der Waals surface area contributed by atoms with Crippen LogP contribution in [0.5, 0.6) is 0 Å². The van der Waals surface area contributed by atoms with Crippen molar-refractivity contribution in [1.82, 2.24) is 24.8 Å². The van der Waals surface area contributed by atoms with Crippen molar-refractivity contribution >= 4 is 5.82 Å². The van der Waals surface area contributed by atoms with Crippen molar-refractivity contribution in [1.29, 1.82) is 0 Å². The molecule has 0 saturated heterocycles. The Morgan fingerprint density at radius 1 is 1.29 bits per heavy atom. The van der Waals surface area contributed by atoms with E-state index in [0.29, 0.717) is 5.92 Å². The molecule has 2 aromatic heterocycles. The van der Waals surface area contributed by atoms with Crippen LogP contribution in [0.2, 0.25) is 0 Å². The first-order valence-corrected chi connectivity index (χ1v) is 7.44. The summed E-state index contributed by atoms with van der Waals surface area (Å²) in [6.07, 6.45) is 6.42. The lowest BCUT2D eigenvalue weighted by Crippen LogP contribution is -2.28. The van der Waals surface area contributed by atoms with Crippen LogP contribution in [0, 0.1) is 5.92 Å². The largest absolute Gasteiger partial charge is 0.360 e. The molecule has 21 heavy (non-hydrogen) atoms. The molecule has 0 aromatic carbocycles. The van der Waals surface area contributed by atoms with Crippen molar-refractivity contribution < 1.29 is 0 Å². The van der Waals surface area contributed by atoms with E-state index < -0.39 is 0 Å². The van der Waals surface area contributed by atoms with Gasteiger partial charge in [-0.3, -0.25) is 0 Å². The molecule has 0 spiro atoms. The smallest absolute Gasteiger partial charge is 0.133 e. The Morgan fingerprint density at radius 3 is 2.86 bits per heavy atom. The summed E-state index contributed by atoms with van der Waals surface area (Å²) < 4.78 is 2.06. The van der Waals surface area contributed by atoms with Crippen molar-refractivity contribution in [3.63, 3.8) is 0 Å². The van der Waals surface area contributed by atoms with Crippen LogP contribution in [0.1, 0.15) is 37.0 Å². The maximum Gasteiger partial charge on any atom is 0.133 e. The number of nitrogens with zero attached hydrogens (tertiary/aromatic N) is 4. The second-order valence-electron chi connectivity index (χ2n) is 5.84. The van der Waals surface area contributed by atoms with Crippen LogP contribution in [0.15, 0.2) is 18.7 Å². The molecule has 112 valence electrons. The quantitative estimate of drug-likeness (QED) is 0.895. The first-order valence-electron chi connectivity index (χ1n) is 7.44. The zero-order valence-electron chi connectivity index (χ0n) is 12.8. The fourth-order valence-electron chi connectivity index (χ4n) is 2.76. The molecular weight excluding hydrogens is 264 g/mol. The van der Waals surface area contributed by atoms with Gasteiger partial charge in [0.05, 0.1) is 11.7 Å². The summed E-state index contributed by atoms with van der Waals surface area (Å²) in [5, 5.41) is 6.93. The van der Waals surface area contributed by atoms with Crippen LogP contribution < -0.4 is 10.6 Å². The Balaban J connectivity index is 1.92. The SMILES string of the molecule is CC(C)[C@@H](Nc1ncnc2c1CCNC2)c1nccn1C. The number of imidazole rings is 1. The molecule has 1 aliphatic rings. The van der Waals surface area contributed by atoms with E-state index in [-0.39, 0.29) is 6.04 Å². The van der Waals surface area contributed by atoms with E-state index in [9.17, 15) is 0 Å². The fraction of sp³-hybridized carbons (Fsp3) is 0.533. The first-order chi connectivity index (χ1) is 10.2. The number of rotatable bonds is 4. The predicted octanol–water partition coefficient (Wildman–Crippen LogP) is 1.66. The molecule has 3 rings (SSSR count). The van der Waals surface area contributed by atoms with Gasteiger partial charge in [0.2, 0.25) is 0 Å². The van der Waals surface area contributed by atoms with Gasteiger partial charge in [-0.25, -0.2) is 15.0 Å². The number of aryl methyl sites for hydroxylation is 1. The van der Waals surface area contributed by atoms with Gasteiger partial charge in [0.15, 0.2) is 0 Å². The minimum atomic E-state index is 0.138. The van der Waals surface area contributed by atoms with Crippen molar-refractivity contribution in [2.75, 3.05) is 11.9 Å². The van der Waals surface area contributed by atoms with E-state index in [2.05, 4.69) is 44.0 Å². The second kappa shape index (κ2) is 5.81. The summed E-state index contributed by atoms with van der Waals surface area (Å²) >= 11 is 0. The number of aromatic nitrogens is 4. The van der Waals surface area contributed by atoms with Crippen LogP contribution >= 0.6 is 0 Å². The van der Waals surface area contributed by atoms with Crippen LogP contribution in [0.3, 0.4) is 0 Å². The lowest BCUT2D eigenvalue weighted by atomic mass is 10.0. The molecule has 6 nitrogen and oxygen atoms in total. The number of hydrogen-bond donors (Lipinski definition) is 2. The minimum Gasteiger partial charge on any atom is -0.360 e. The minimum absolute atomic E-state index is 0.138. The van der Waals surface area contributed by atoms with Crippen LogP contribution in [0.25, 0.3) is 0 Å². The highest BCUT2D eigenvalue weighted by molar-refractivity contribution is 5.48. The van der Waals surface area contributed by atoms with Gasteiger partial charge in [-0.05, 0) is 18.9 Å². The molecule has 2 N–H and O–H groups in total. The first kappa shape index (κ1) is 14.0. The number of anilines is 1. The molecule has 6 heteroatoms. The highest BCUT2D eigenvalue weighted by atomic mass is 15.1. The van der Waals surface area contributed by atoms with E-state index in [0.717, 1.165) is 36.8 Å². The molecule has 0 unspecified atom stereocenters. The van der Waals surface area contributed by atoms with Crippen LogP contribution in [-0.2, 0) is 20.0 Å². The summed E-state index contributed by atoms with van der Waals surface area (Å²) in [5.74, 6) is 2.40. The van der Waals surface area contributed by atoms with Gasteiger partial charge in [0.1, 0.15) is 18.0 Å². The molecule has 0 fully saturated rings. The van der Waals surface area contributed by atoms with Gasteiger partial charge in [-0.15, -0.1) is 0 Å². The molecule has 0 radical (unpaired) electrons. The predicted molar refractivity (Wildman–Crippen MR) is 81.9 cm³/mol. The van der Waals surface area contributed by atoms with E-state index in [1.165, 1.54) is 5.56 Å². The maximum absolute atomic E-state index is 4.49. The lowest BCUT2D eigenvalue weighted by molar-refractivity contribution is 0.504. The van der Waals surface area contributed by atoms with Crippen LogP contribution in [-0.4, -0.2) is 26.1 Å². The zero-order chi connectivity index (χ0) is 14.8. The average Bonchev–Trinajstić information content (AvgIpc) is 2.90. The molecule has 0 amide bonds.